The van der Waals surface area contributed by atoms with Crippen LogP contribution < -0.4 is 10.6 Å². The first-order valence-corrected chi connectivity index (χ1v) is 10.5. The Kier molecular flexibility index (Phi) is 8.07. The number of rotatable bonds is 8. The third-order valence-electron chi connectivity index (χ3n) is 4.92. The van der Waals surface area contributed by atoms with Crippen molar-refractivity contribution >= 4 is 5.96 Å². The van der Waals surface area contributed by atoms with Crippen LogP contribution in [0.15, 0.2) is 47.7 Å². The Bertz CT molecular complexity index is 758. The van der Waals surface area contributed by atoms with E-state index < -0.39 is 0 Å². The minimum atomic E-state index is 0.193. The summed E-state index contributed by atoms with van der Waals surface area (Å²) in [6, 6.07) is 10.5. The van der Waals surface area contributed by atoms with E-state index in [0.717, 1.165) is 51.8 Å². The van der Waals surface area contributed by atoms with Gasteiger partial charge < -0.3 is 15.4 Å². The molecule has 1 aromatic carbocycles. The summed E-state index contributed by atoms with van der Waals surface area (Å²) in [6.07, 6.45) is 3.98. The van der Waals surface area contributed by atoms with Crippen LogP contribution in [0.2, 0.25) is 0 Å². The molecule has 2 N–H and O–H groups in total. The maximum atomic E-state index is 5.92. The number of nitrogens with zero attached hydrogens (tertiary/aromatic N) is 4. The molecule has 0 amide bonds. The SMILES string of the molecule is CN=C(NCc1cccc(Cn2cccn2)c1)NCC1CN(CC(C)C)CCO1. The summed E-state index contributed by atoms with van der Waals surface area (Å²) in [5.74, 6) is 1.48. The average Bonchev–Trinajstić information content (AvgIpc) is 3.21. The van der Waals surface area contributed by atoms with E-state index in [1.54, 1.807) is 13.2 Å². The van der Waals surface area contributed by atoms with Crippen LogP contribution in [0.4, 0.5) is 0 Å². The summed E-state index contributed by atoms with van der Waals surface area (Å²) in [7, 11) is 1.80. The summed E-state index contributed by atoms with van der Waals surface area (Å²) in [5, 5.41) is 11.1. The first kappa shape index (κ1) is 21.3. The molecule has 2 heterocycles. The Hall–Kier alpha value is -2.38. The molecule has 7 heteroatoms. The molecule has 1 saturated heterocycles. The first-order chi connectivity index (χ1) is 14.1. The van der Waals surface area contributed by atoms with Crippen molar-refractivity contribution < 1.29 is 4.74 Å². The van der Waals surface area contributed by atoms with Crippen LogP contribution in [0.25, 0.3) is 0 Å². The standard InChI is InChI=1S/C22H34N6O/c1-18(2)15-27-10-11-29-21(17-27)14-25-22(23-3)24-13-19-6-4-7-20(12-19)16-28-9-5-8-26-28/h4-9,12,18,21H,10-11,13-17H2,1-3H3,(H2,23,24,25). The number of morpholine rings is 1. The molecular weight excluding hydrogens is 364 g/mol. The Balaban J connectivity index is 1.44. The van der Waals surface area contributed by atoms with Crippen LogP contribution in [0.5, 0.6) is 0 Å². The second kappa shape index (κ2) is 11.0. The minimum Gasteiger partial charge on any atom is -0.374 e. The summed E-state index contributed by atoms with van der Waals surface area (Å²) in [6.45, 7) is 10.7. The summed E-state index contributed by atoms with van der Waals surface area (Å²) < 4.78 is 7.85. The maximum absolute atomic E-state index is 5.92. The van der Waals surface area contributed by atoms with Crippen LogP contribution in [-0.4, -0.2) is 66.6 Å². The molecule has 0 spiro atoms. The average molecular weight is 399 g/mol. The molecule has 1 atom stereocenters. The third kappa shape index (κ3) is 7.18. The Morgan fingerprint density at radius 3 is 2.90 bits per heavy atom. The highest BCUT2D eigenvalue weighted by atomic mass is 16.5. The van der Waals surface area contributed by atoms with Crippen molar-refractivity contribution in [3.8, 4) is 0 Å². The fraction of sp³-hybridized carbons (Fsp3) is 0.545. The van der Waals surface area contributed by atoms with E-state index >= 15 is 0 Å². The van der Waals surface area contributed by atoms with Gasteiger partial charge in [-0.25, -0.2) is 0 Å². The van der Waals surface area contributed by atoms with Crippen LogP contribution in [-0.2, 0) is 17.8 Å². The predicted octanol–water partition coefficient (Wildman–Crippen LogP) is 1.95. The van der Waals surface area contributed by atoms with Crippen molar-refractivity contribution in [1.29, 1.82) is 0 Å². The maximum Gasteiger partial charge on any atom is 0.191 e. The molecule has 1 fully saturated rings. The van der Waals surface area contributed by atoms with E-state index in [1.165, 1.54) is 11.1 Å². The molecule has 1 unspecified atom stereocenters. The quantitative estimate of drug-likeness (QED) is 0.526. The number of nitrogens with one attached hydrogen (secondary N) is 2. The van der Waals surface area contributed by atoms with E-state index in [4.69, 9.17) is 4.74 Å². The van der Waals surface area contributed by atoms with E-state index in [0.29, 0.717) is 5.92 Å². The highest BCUT2D eigenvalue weighted by Gasteiger charge is 2.21. The van der Waals surface area contributed by atoms with Gasteiger partial charge in [-0.1, -0.05) is 38.1 Å². The van der Waals surface area contributed by atoms with Gasteiger partial charge in [-0.05, 0) is 23.1 Å². The van der Waals surface area contributed by atoms with Crippen molar-refractivity contribution in [3.05, 3.63) is 53.9 Å². The highest BCUT2D eigenvalue weighted by Crippen LogP contribution is 2.08. The van der Waals surface area contributed by atoms with Gasteiger partial charge in [-0.2, -0.15) is 5.10 Å². The monoisotopic (exact) mass is 398 g/mol. The molecular formula is C22H34N6O. The fourth-order valence-corrected chi connectivity index (χ4v) is 3.62. The molecule has 3 rings (SSSR count). The smallest absolute Gasteiger partial charge is 0.191 e. The normalized spacial score (nSPS) is 18.2. The van der Waals surface area contributed by atoms with Crippen molar-refractivity contribution in [3.63, 3.8) is 0 Å². The zero-order valence-electron chi connectivity index (χ0n) is 17.8. The van der Waals surface area contributed by atoms with Gasteiger partial charge in [0.15, 0.2) is 5.96 Å². The highest BCUT2D eigenvalue weighted by molar-refractivity contribution is 5.79. The molecule has 1 aliphatic rings. The molecule has 0 aliphatic carbocycles. The first-order valence-electron chi connectivity index (χ1n) is 10.5. The van der Waals surface area contributed by atoms with E-state index in [9.17, 15) is 0 Å². The number of aliphatic imine (C=N–C) groups is 1. The van der Waals surface area contributed by atoms with Crippen LogP contribution in [0.3, 0.4) is 0 Å². The largest absolute Gasteiger partial charge is 0.374 e. The van der Waals surface area contributed by atoms with Crippen LogP contribution in [0, 0.1) is 5.92 Å². The van der Waals surface area contributed by atoms with E-state index in [2.05, 4.69) is 63.7 Å². The second-order valence-electron chi connectivity index (χ2n) is 7.98. The summed E-state index contributed by atoms with van der Waals surface area (Å²) in [5.41, 5.74) is 2.45. The van der Waals surface area contributed by atoms with Gasteiger partial charge in [-0.3, -0.25) is 14.6 Å². The Labute approximate surface area is 174 Å². The van der Waals surface area contributed by atoms with Crippen molar-refractivity contribution in [2.75, 3.05) is 39.8 Å². The molecule has 0 bridgehead atoms. The molecule has 158 valence electrons. The van der Waals surface area contributed by atoms with Crippen LogP contribution in [0.1, 0.15) is 25.0 Å². The van der Waals surface area contributed by atoms with Gasteiger partial charge in [0.25, 0.3) is 0 Å². The van der Waals surface area contributed by atoms with Crippen LogP contribution >= 0.6 is 0 Å². The molecule has 2 aromatic rings. The van der Waals surface area contributed by atoms with Gasteiger partial charge >= 0.3 is 0 Å². The number of hydrogen-bond donors (Lipinski definition) is 2. The van der Waals surface area contributed by atoms with Gasteiger partial charge in [0.1, 0.15) is 0 Å². The second-order valence-corrected chi connectivity index (χ2v) is 7.98. The van der Waals surface area contributed by atoms with Gasteiger partial charge in [-0.15, -0.1) is 0 Å². The predicted molar refractivity (Wildman–Crippen MR) is 117 cm³/mol. The molecule has 0 radical (unpaired) electrons. The van der Waals surface area contributed by atoms with E-state index in [1.807, 2.05) is 16.9 Å². The van der Waals surface area contributed by atoms with Crippen molar-refractivity contribution in [2.24, 2.45) is 10.9 Å². The molecule has 1 aliphatic heterocycles. The lowest BCUT2D eigenvalue weighted by atomic mass is 10.1. The zero-order chi connectivity index (χ0) is 20.5. The fourth-order valence-electron chi connectivity index (χ4n) is 3.62. The number of aromatic nitrogens is 2. The lowest BCUT2D eigenvalue weighted by Gasteiger charge is -2.34. The minimum absolute atomic E-state index is 0.193. The molecule has 29 heavy (non-hydrogen) atoms. The number of benzene rings is 1. The summed E-state index contributed by atoms with van der Waals surface area (Å²) in [4.78, 5) is 6.84. The van der Waals surface area contributed by atoms with Gasteiger partial charge in [0, 0.05) is 52.2 Å². The third-order valence-corrected chi connectivity index (χ3v) is 4.92. The molecule has 1 aromatic heterocycles. The Morgan fingerprint density at radius 2 is 2.14 bits per heavy atom. The van der Waals surface area contributed by atoms with E-state index in [-0.39, 0.29) is 6.10 Å². The molecule has 7 nitrogen and oxygen atoms in total. The number of hydrogen-bond acceptors (Lipinski definition) is 4. The van der Waals surface area contributed by atoms with Gasteiger partial charge in [0.05, 0.1) is 19.3 Å². The topological polar surface area (TPSA) is 66.7 Å². The zero-order valence-corrected chi connectivity index (χ0v) is 17.8. The van der Waals surface area contributed by atoms with Crippen molar-refractivity contribution in [2.45, 2.75) is 33.0 Å². The van der Waals surface area contributed by atoms with Gasteiger partial charge in [0.2, 0.25) is 0 Å². The number of ether oxygens (including phenoxy) is 1. The lowest BCUT2D eigenvalue weighted by Crippen LogP contribution is -2.50. The van der Waals surface area contributed by atoms with Crippen molar-refractivity contribution in [1.82, 2.24) is 25.3 Å². The number of guanidine groups is 1. The Morgan fingerprint density at radius 1 is 1.28 bits per heavy atom. The molecule has 0 saturated carbocycles. The lowest BCUT2D eigenvalue weighted by molar-refractivity contribution is -0.0284. The summed E-state index contributed by atoms with van der Waals surface area (Å²) >= 11 is 0.